The second-order valence-electron chi connectivity index (χ2n) is 17.1. The number of pyridine rings is 1. The minimum atomic E-state index is -3.94. The average molecular weight is 872 g/mol. The molecule has 4 aromatic rings. The van der Waals surface area contributed by atoms with E-state index in [9.17, 15) is 27.6 Å². The van der Waals surface area contributed by atoms with E-state index in [2.05, 4.69) is 15.4 Å². The zero-order valence-electron chi connectivity index (χ0n) is 34.4. The van der Waals surface area contributed by atoms with Gasteiger partial charge in [0.05, 0.1) is 30.0 Å². The smallest absolute Gasteiger partial charge is 0.408 e. The molecule has 0 spiro atoms. The van der Waals surface area contributed by atoms with Gasteiger partial charge >= 0.3 is 6.09 Å². The zero-order chi connectivity index (χ0) is 43.2. The van der Waals surface area contributed by atoms with Crippen LogP contribution in [0, 0.1) is 11.7 Å². The van der Waals surface area contributed by atoms with Crippen LogP contribution in [0.2, 0.25) is 0 Å². The number of carbonyl (C=O) groups excluding carboxylic acids is 4. The van der Waals surface area contributed by atoms with E-state index in [0.29, 0.717) is 42.7 Å². The van der Waals surface area contributed by atoms with Crippen molar-refractivity contribution >= 4 is 55.9 Å². The molecule has 3 N–H and O–H groups in total. The van der Waals surface area contributed by atoms with Gasteiger partial charge in [0.15, 0.2) is 11.3 Å². The van der Waals surface area contributed by atoms with Crippen LogP contribution in [-0.4, -0.2) is 90.9 Å². The van der Waals surface area contributed by atoms with Crippen molar-refractivity contribution in [3.8, 4) is 22.8 Å². The summed E-state index contributed by atoms with van der Waals surface area (Å²) in [7, 11) is -2.42. The highest BCUT2D eigenvalue weighted by Gasteiger charge is 2.62. The summed E-state index contributed by atoms with van der Waals surface area (Å²) in [5.41, 5.74) is 0.0143. The maximum Gasteiger partial charge on any atom is 0.408 e. The number of methoxy groups -OCH3 is 1. The largest absolute Gasteiger partial charge is 0.496 e. The number of hydrogen-bond donors (Lipinski definition) is 3. The number of ether oxygens (including phenoxy) is 3. The highest BCUT2D eigenvalue weighted by Crippen LogP contribution is 2.46. The molecule has 4 heterocycles. The number of fused-ring (bicyclic) bond motifs is 5. The van der Waals surface area contributed by atoms with E-state index >= 15 is 4.39 Å². The van der Waals surface area contributed by atoms with Gasteiger partial charge in [0.1, 0.15) is 52.5 Å². The van der Waals surface area contributed by atoms with Crippen LogP contribution >= 0.6 is 0 Å². The predicted octanol–water partition coefficient (Wildman–Crippen LogP) is 6.19. The minimum Gasteiger partial charge on any atom is -0.496 e. The molecule has 4 amide bonds. The normalized spacial score (nSPS) is 26.5. The summed E-state index contributed by atoms with van der Waals surface area (Å²) in [5, 5.41) is 5.18. The molecule has 1 saturated heterocycles. The Kier molecular flexibility index (Phi) is 11.3. The second-order valence-corrected chi connectivity index (χ2v) is 19.1. The van der Waals surface area contributed by atoms with Crippen molar-refractivity contribution < 1.29 is 50.6 Å². The monoisotopic (exact) mass is 871 g/mol. The lowest BCUT2D eigenvalue weighted by Crippen LogP contribution is -2.58. The SMILES string of the molecule is COc1ccccc1-c1cc(O[C@@H]2C[C@H]3C(=O)N[C@]4(C(=O)NS(=O)(=O)C5CC5)C[C@H]4/C=C\CCCCC[C@H](NC(=O)OC4CCCC4)C(=O)N3C2)c2oc3cccc(F)c3c2n1. The van der Waals surface area contributed by atoms with Gasteiger partial charge in [0, 0.05) is 24.0 Å². The number of rotatable bonds is 9. The molecule has 17 heteroatoms. The second kappa shape index (κ2) is 16.9. The van der Waals surface area contributed by atoms with Gasteiger partial charge < -0.3 is 34.2 Å². The zero-order valence-corrected chi connectivity index (χ0v) is 35.2. The first-order valence-electron chi connectivity index (χ1n) is 21.6. The molecule has 5 atom stereocenters. The quantitative estimate of drug-likeness (QED) is 0.163. The molecule has 4 fully saturated rings. The van der Waals surface area contributed by atoms with E-state index in [4.69, 9.17) is 23.6 Å². The Labute approximate surface area is 358 Å². The summed E-state index contributed by atoms with van der Waals surface area (Å²) in [5.74, 6) is -2.38. The number of nitrogens with zero attached hydrogens (tertiary/aromatic N) is 2. The van der Waals surface area contributed by atoms with Crippen LogP contribution in [0.15, 0.2) is 65.1 Å². The molecule has 62 heavy (non-hydrogen) atoms. The van der Waals surface area contributed by atoms with Gasteiger partial charge in [-0.25, -0.2) is 22.6 Å². The molecule has 0 radical (unpaired) electrons. The van der Waals surface area contributed by atoms with E-state index in [1.165, 1.54) is 24.1 Å². The lowest BCUT2D eigenvalue weighted by Gasteiger charge is -2.30. The number of para-hydroxylation sites is 1. The van der Waals surface area contributed by atoms with Crippen LogP contribution in [0.25, 0.3) is 33.3 Å². The molecule has 2 aromatic heterocycles. The number of alkyl carbamates (subject to hydrolysis) is 1. The van der Waals surface area contributed by atoms with Crippen molar-refractivity contribution in [2.24, 2.45) is 5.92 Å². The van der Waals surface area contributed by atoms with Crippen LogP contribution in [0.3, 0.4) is 0 Å². The first kappa shape index (κ1) is 41.6. The maximum atomic E-state index is 15.5. The molecule has 2 aliphatic heterocycles. The molecule has 3 aliphatic carbocycles. The van der Waals surface area contributed by atoms with Crippen LogP contribution in [0.5, 0.6) is 11.5 Å². The fourth-order valence-electron chi connectivity index (χ4n) is 9.15. The number of sulfonamides is 1. The number of allylic oxidation sites excluding steroid dienone is 1. The number of nitrogens with one attached hydrogen (secondary N) is 3. The van der Waals surface area contributed by atoms with Crippen LogP contribution < -0.4 is 24.8 Å². The molecule has 0 unspecified atom stereocenters. The van der Waals surface area contributed by atoms with Crippen LogP contribution in [0.4, 0.5) is 9.18 Å². The topological polar surface area (TPSA) is 195 Å². The van der Waals surface area contributed by atoms with E-state index < -0.39 is 74.5 Å². The first-order valence-corrected chi connectivity index (χ1v) is 23.1. The lowest BCUT2D eigenvalue weighted by atomic mass is 10.0. The molecular weight excluding hydrogens is 822 g/mol. The third kappa shape index (κ3) is 8.30. The van der Waals surface area contributed by atoms with E-state index in [0.717, 1.165) is 38.5 Å². The Morgan fingerprint density at radius 2 is 1.76 bits per heavy atom. The number of halogens is 1. The standard InChI is InChI=1S/C45H50FN5O10S/c1-58-35-18-10-9-15-30(35)33-23-37(40-39(47-33)38-31(46)16-11-19-36(38)61-40)59-28-22-34-41(52)49-45(43(54)50-62(56,57)29-20-21-29)24-26(45)12-5-3-2-4-6-17-32(42(53)51(34)25-28)48-44(55)60-27-13-7-8-14-27/h5,9-12,15-16,18-19,23,26-29,32,34H,2-4,6-8,13-14,17,20-22,24-25H2,1H3,(H,48,55)(H,49,52)(H,50,54)/b12-5-/t26-,28-,32+,34+,45-/m1/s1. The van der Waals surface area contributed by atoms with Crippen LogP contribution in [-0.2, 0) is 29.1 Å². The van der Waals surface area contributed by atoms with Gasteiger partial charge in [0.25, 0.3) is 5.91 Å². The van der Waals surface area contributed by atoms with Crippen molar-refractivity contribution in [3.05, 3.63) is 66.5 Å². The fraction of sp³-hybridized carbons (Fsp3) is 0.489. The van der Waals surface area contributed by atoms with Gasteiger partial charge in [-0.15, -0.1) is 0 Å². The summed E-state index contributed by atoms with van der Waals surface area (Å²) >= 11 is 0. The summed E-state index contributed by atoms with van der Waals surface area (Å²) in [4.78, 5) is 62.8. The van der Waals surface area contributed by atoms with E-state index in [1.807, 2.05) is 24.3 Å². The number of hydrogen-bond acceptors (Lipinski definition) is 11. The van der Waals surface area contributed by atoms with Crippen molar-refractivity contribution in [1.82, 2.24) is 25.2 Å². The Bertz CT molecular complexity index is 2550. The van der Waals surface area contributed by atoms with Crippen molar-refractivity contribution in [2.75, 3.05) is 13.7 Å². The lowest BCUT2D eigenvalue weighted by molar-refractivity contribution is -0.141. The van der Waals surface area contributed by atoms with Crippen molar-refractivity contribution in [1.29, 1.82) is 0 Å². The molecule has 0 bridgehead atoms. The Balaban J connectivity index is 1.07. The molecule has 3 saturated carbocycles. The number of furan rings is 1. The number of amides is 4. The van der Waals surface area contributed by atoms with Crippen molar-refractivity contribution in [3.63, 3.8) is 0 Å². The number of carbonyl (C=O) groups is 4. The molecule has 2 aromatic carbocycles. The van der Waals surface area contributed by atoms with Gasteiger partial charge in [-0.3, -0.25) is 19.1 Å². The molecule has 9 rings (SSSR count). The highest BCUT2D eigenvalue weighted by molar-refractivity contribution is 7.91. The first-order chi connectivity index (χ1) is 29.9. The summed E-state index contributed by atoms with van der Waals surface area (Å²) in [6, 6.07) is 11.0. The minimum absolute atomic E-state index is 0.0577. The summed E-state index contributed by atoms with van der Waals surface area (Å²) in [6.45, 7) is -0.117. The van der Waals surface area contributed by atoms with Crippen molar-refractivity contribution in [2.45, 2.75) is 119 Å². The highest BCUT2D eigenvalue weighted by atomic mass is 32.2. The van der Waals surface area contributed by atoms with Gasteiger partial charge in [-0.1, -0.05) is 43.2 Å². The van der Waals surface area contributed by atoms with Gasteiger partial charge in [0.2, 0.25) is 21.8 Å². The van der Waals surface area contributed by atoms with Crippen LogP contribution in [0.1, 0.15) is 83.5 Å². The summed E-state index contributed by atoms with van der Waals surface area (Å²) in [6.07, 6.45) is 9.40. The molecular formula is C45H50FN5O10S. The molecule has 15 nitrogen and oxygen atoms in total. The number of aromatic nitrogens is 1. The molecule has 5 aliphatic rings. The van der Waals surface area contributed by atoms with Gasteiger partial charge in [-0.05, 0) is 88.5 Å². The Morgan fingerprint density at radius 1 is 0.968 bits per heavy atom. The fourth-order valence-corrected chi connectivity index (χ4v) is 10.5. The van der Waals surface area contributed by atoms with Gasteiger partial charge in [-0.2, -0.15) is 0 Å². The molecule has 328 valence electrons. The third-order valence-electron chi connectivity index (χ3n) is 12.8. The third-order valence-corrected chi connectivity index (χ3v) is 14.6. The van der Waals surface area contributed by atoms with E-state index in [-0.39, 0.29) is 59.7 Å². The number of benzene rings is 2. The Morgan fingerprint density at radius 3 is 2.55 bits per heavy atom. The summed E-state index contributed by atoms with van der Waals surface area (Å²) < 4.78 is 67.8. The average Bonchev–Trinajstić information content (AvgIpc) is 4.06. The Hall–Kier alpha value is -5.71. The van der Waals surface area contributed by atoms with E-state index in [1.54, 1.807) is 24.3 Å². The maximum absolute atomic E-state index is 15.5. The predicted molar refractivity (Wildman–Crippen MR) is 225 cm³/mol.